The maximum atomic E-state index is 13.2. The second-order valence-corrected chi connectivity index (χ2v) is 10.6. The van der Waals surface area contributed by atoms with Crippen molar-refractivity contribution < 1.29 is 4.79 Å². The van der Waals surface area contributed by atoms with E-state index in [0.717, 1.165) is 30.7 Å². The van der Waals surface area contributed by atoms with E-state index in [2.05, 4.69) is 31.2 Å². The van der Waals surface area contributed by atoms with Gasteiger partial charge in [-0.15, -0.1) is 11.3 Å². The number of pyridine rings is 1. The van der Waals surface area contributed by atoms with E-state index < -0.39 is 0 Å². The molecular weight excluding hydrogens is 398 g/mol. The third kappa shape index (κ3) is 2.74. The first-order chi connectivity index (χ1) is 12.0. The van der Waals surface area contributed by atoms with Gasteiger partial charge in [-0.3, -0.25) is 9.78 Å². The number of alkyl halides is 1. The van der Waals surface area contributed by atoms with Gasteiger partial charge in [0.1, 0.15) is 5.69 Å². The number of rotatable bonds is 3. The van der Waals surface area contributed by atoms with Gasteiger partial charge in [-0.25, -0.2) is 4.98 Å². The van der Waals surface area contributed by atoms with Crippen molar-refractivity contribution in [2.24, 2.45) is 17.3 Å². The Bertz CT molecular complexity index is 807. The van der Waals surface area contributed by atoms with E-state index in [1.807, 2.05) is 23.6 Å². The Labute approximate surface area is 159 Å². The summed E-state index contributed by atoms with van der Waals surface area (Å²) < 4.78 is 0.191. The number of carbonyl (C=O) groups excluding carboxylic acids is 1. The van der Waals surface area contributed by atoms with Crippen LogP contribution in [-0.2, 0) is 4.79 Å². The van der Waals surface area contributed by atoms with Gasteiger partial charge in [-0.1, -0.05) is 22.0 Å². The summed E-state index contributed by atoms with van der Waals surface area (Å²) in [5.41, 5.74) is 1.46. The number of amides is 1. The van der Waals surface area contributed by atoms with Gasteiger partial charge in [0.25, 0.3) is 0 Å². The number of nitrogens with one attached hydrogen (secondary N) is 1. The van der Waals surface area contributed by atoms with Crippen molar-refractivity contribution in [2.75, 3.05) is 5.32 Å². The molecule has 0 saturated heterocycles. The van der Waals surface area contributed by atoms with Crippen molar-refractivity contribution in [2.45, 2.75) is 42.8 Å². The summed E-state index contributed by atoms with van der Waals surface area (Å²) in [6.07, 6.45) is 8.60. The molecule has 1 N–H and O–H groups in total. The molecule has 4 bridgehead atoms. The zero-order valence-corrected chi connectivity index (χ0v) is 16.3. The lowest BCUT2D eigenvalue weighted by Gasteiger charge is -2.59. The van der Waals surface area contributed by atoms with Gasteiger partial charge in [0, 0.05) is 15.9 Å². The van der Waals surface area contributed by atoms with Crippen molar-refractivity contribution in [3.8, 4) is 11.4 Å². The Morgan fingerprint density at radius 3 is 2.68 bits per heavy atom. The fourth-order valence-electron chi connectivity index (χ4n) is 5.61. The van der Waals surface area contributed by atoms with Crippen LogP contribution in [0.5, 0.6) is 0 Å². The van der Waals surface area contributed by atoms with Gasteiger partial charge in [0.2, 0.25) is 5.91 Å². The Balaban J connectivity index is 1.37. The van der Waals surface area contributed by atoms with E-state index in [1.54, 1.807) is 6.20 Å². The lowest BCUT2D eigenvalue weighted by Crippen LogP contribution is -2.57. The number of thiazole rings is 1. The monoisotopic (exact) mass is 417 g/mol. The summed E-state index contributed by atoms with van der Waals surface area (Å²) in [7, 11) is 0. The van der Waals surface area contributed by atoms with Crippen LogP contribution < -0.4 is 5.32 Å². The molecule has 25 heavy (non-hydrogen) atoms. The minimum absolute atomic E-state index is 0.173. The Kier molecular flexibility index (Phi) is 3.58. The Morgan fingerprint density at radius 2 is 2.00 bits per heavy atom. The van der Waals surface area contributed by atoms with Crippen LogP contribution in [0.2, 0.25) is 0 Å². The Morgan fingerprint density at radius 1 is 1.20 bits per heavy atom. The van der Waals surface area contributed by atoms with Crippen molar-refractivity contribution in [3.63, 3.8) is 0 Å². The molecule has 4 nitrogen and oxygen atoms in total. The van der Waals surface area contributed by atoms with Crippen molar-refractivity contribution >= 4 is 38.3 Å². The smallest absolute Gasteiger partial charge is 0.232 e. The summed E-state index contributed by atoms with van der Waals surface area (Å²) in [5.74, 6) is 1.57. The zero-order chi connectivity index (χ0) is 17.1. The highest BCUT2D eigenvalue weighted by Crippen LogP contribution is 2.64. The molecule has 6 rings (SSSR count). The zero-order valence-electron chi connectivity index (χ0n) is 13.9. The lowest BCUT2D eigenvalue weighted by atomic mass is 9.49. The topological polar surface area (TPSA) is 54.9 Å². The number of hydrogen-bond donors (Lipinski definition) is 1. The molecule has 2 heterocycles. The second kappa shape index (κ2) is 5.61. The van der Waals surface area contributed by atoms with E-state index >= 15 is 0 Å². The average Bonchev–Trinajstić information content (AvgIpc) is 3.02. The second-order valence-electron chi connectivity index (χ2n) is 8.10. The minimum atomic E-state index is -0.204. The number of carbonyl (C=O) groups is 1. The van der Waals surface area contributed by atoms with Crippen LogP contribution in [0.25, 0.3) is 11.4 Å². The van der Waals surface area contributed by atoms with Gasteiger partial charge < -0.3 is 5.32 Å². The third-order valence-electron chi connectivity index (χ3n) is 6.12. The van der Waals surface area contributed by atoms with Crippen molar-refractivity contribution in [1.82, 2.24) is 9.97 Å². The van der Waals surface area contributed by atoms with Gasteiger partial charge in [0.05, 0.1) is 11.1 Å². The van der Waals surface area contributed by atoms with Gasteiger partial charge in [0.15, 0.2) is 5.13 Å². The molecule has 0 aliphatic heterocycles. The highest BCUT2D eigenvalue weighted by Gasteiger charge is 2.59. The summed E-state index contributed by atoms with van der Waals surface area (Å²) in [4.78, 5) is 22.1. The first-order valence-corrected chi connectivity index (χ1v) is 10.6. The molecule has 0 aromatic carbocycles. The van der Waals surface area contributed by atoms with Crippen LogP contribution in [-0.4, -0.2) is 20.2 Å². The SMILES string of the molecule is O=C(Nc1nc(-c2ccccn2)cs1)C12CC3CC(CC(Br)(C3)C1)C2. The van der Waals surface area contributed by atoms with Crippen molar-refractivity contribution in [1.29, 1.82) is 0 Å². The maximum absolute atomic E-state index is 13.2. The fraction of sp³-hybridized carbons (Fsp3) is 0.526. The maximum Gasteiger partial charge on any atom is 0.232 e. The molecule has 4 aliphatic rings. The molecular formula is C19H20BrN3OS. The molecule has 6 heteroatoms. The van der Waals surface area contributed by atoms with E-state index in [1.165, 1.54) is 30.6 Å². The summed E-state index contributed by atoms with van der Waals surface area (Å²) in [6.45, 7) is 0. The molecule has 2 atom stereocenters. The molecule has 2 aromatic heterocycles. The van der Waals surface area contributed by atoms with E-state index in [-0.39, 0.29) is 15.6 Å². The summed E-state index contributed by atoms with van der Waals surface area (Å²) in [6, 6.07) is 5.78. The van der Waals surface area contributed by atoms with Crippen LogP contribution in [0.15, 0.2) is 29.8 Å². The van der Waals surface area contributed by atoms with E-state index in [9.17, 15) is 4.79 Å². The van der Waals surface area contributed by atoms with Gasteiger partial charge in [-0.2, -0.15) is 0 Å². The molecule has 0 radical (unpaired) electrons. The molecule has 4 saturated carbocycles. The number of anilines is 1. The standard InChI is InChI=1S/C19H20BrN3OS/c20-19-8-12-5-13(9-19)7-18(6-12,11-19)16(24)23-17-22-15(10-25-17)14-3-1-2-4-21-14/h1-4,10,12-13H,5-9,11H2,(H,22,23,24). The van der Waals surface area contributed by atoms with Crippen LogP contribution >= 0.6 is 27.3 Å². The molecule has 2 unspecified atom stereocenters. The first kappa shape index (κ1) is 15.9. The average molecular weight is 418 g/mol. The minimum Gasteiger partial charge on any atom is -0.301 e. The normalized spacial score (nSPS) is 35.7. The summed E-state index contributed by atoms with van der Waals surface area (Å²) in [5, 5.41) is 5.77. The van der Waals surface area contributed by atoms with Crippen LogP contribution in [0.1, 0.15) is 38.5 Å². The highest BCUT2D eigenvalue weighted by atomic mass is 79.9. The van der Waals surface area contributed by atoms with Crippen LogP contribution in [0, 0.1) is 17.3 Å². The van der Waals surface area contributed by atoms with Crippen molar-refractivity contribution in [3.05, 3.63) is 29.8 Å². The molecule has 4 fully saturated rings. The molecule has 130 valence electrons. The molecule has 2 aromatic rings. The van der Waals surface area contributed by atoms with Gasteiger partial charge in [-0.05, 0) is 62.5 Å². The highest BCUT2D eigenvalue weighted by molar-refractivity contribution is 9.10. The summed E-state index contributed by atoms with van der Waals surface area (Å²) >= 11 is 5.46. The molecule has 1 amide bonds. The first-order valence-electron chi connectivity index (χ1n) is 8.91. The fourth-order valence-corrected chi connectivity index (χ4v) is 7.76. The van der Waals surface area contributed by atoms with E-state index in [4.69, 9.17) is 0 Å². The van der Waals surface area contributed by atoms with E-state index in [0.29, 0.717) is 17.0 Å². The van der Waals surface area contributed by atoms with Crippen LogP contribution in [0.4, 0.5) is 5.13 Å². The van der Waals surface area contributed by atoms with Crippen LogP contribution in [0.3, 0.4) is 0 Å². The number of aromatic nitrogens is 2. The number of halogens is 1. The Hall–Kier alpha value is -1.27. The predicted octanol–water partition coefficient (Wildman–Crippen LogP) is 4.88. The predicted molar refractivity (Wildman–Crippen MR) is 103 cm³/mol. The van der Waals surface area contributed by atoms with Gasteiger partial charge >= 0.3 is 0 Å². The molecule has 0 spiro atoms. The quantitative estimate of drug-likeness (QED) is 0.723. The number of hydrogen-bond acceptors (Lipinski definition) is 4. The molecule has 4 aliphatic carbocycles. The third-order valence-corrected chi connectivity index (χ3v) is 7.81. The largest absolute Gasteiger partial charge is 0.301 e. The number of nitrogens with zero attached hydrogens (tertiary/aromatic N) is 2. The lowest BCUT2D eigenvalue weighted by molar-refractivity contribution is -0.138.